The number of aryl methyl sites for hydroxylation is 2. The van der Waals surface area contributed by atoms with Crippen molar-refractivity contribution in [3.63, 3.8) is 0 Å². The summed E-state index contributed by atoms with van der Waals surface area (Å²) in [6, 6.07) is 6.73. The van der Waals surface area contributed by atoms with E-state index in [1.807, 2.05) is 26.8 Å². The molecule has 4 nitrogen and oxygen atoms in total. The molecule has 1 aromatic heterocycles. The number of aliphatic imine (C=N–C) groups is 1. The number of aromatic nitrogens is 1. The molecule has 2 atom stereocenters. The van der Waals surface area contributed by atoms with Crippen molar-refractivity contribution in [3.05, 3.63) is 52.7 Å². The maximum absolute atomic E-state index is 14.2. The first-order valence-electron chi connectivity index (χ1n) is 7.10. The molecule has 0 saturated carbocycles. The molecule has 6 heteroatoms. The minimum Gasteiger partial charge on any atom is -0.378 e. The van der Waals surface area contributed by atoms with Gasteiger partial charge in [-0.1, -0.05) is 35.1 Å². The molecule has 2 N–H and O–H groups in total. The molecular weight excluding hydrogens is 301 g/mol. The van der Waals surface area contributed by atoms with Crippen LogP contribution in [-0.4, -0.2) is 10.3 Å². The molecule has 0 bridgehead atoms. The Hall–Kier alpha value is -1.82. The van der Waals surface area contributed by atoms with Gasteiger partial charge in [0.25, 0.3) is 0 Å². The van der Waals surface area contributed by atoms with Crippen molar-refractivity contribution in [2.24, 2.45) is 10.7 Å². The average Bonchev–Trinajstić information content (AvgIpc) is 2.77. The SMILES string of the molecule is Cc1noc(C)c1[C@@H]1C[C@@](C)(c2ccccc2F)N=C(N)S1. The summed E-state index contributed by atoms with van der Waals surface area (Å²) in [6.45, 7) is 5.72. The zero-order valence-electron chi connectivity index (χ0n) is 12.8. The van der Waals surface area contributed by atoms with Gasteiger partial charge in [0.15, 0.2) is 5.17 Å². The topological polar surface area (TPSA) is 64.4 Å². The second-order valence-corrected chi connectivity index (χ2v) is 6.98. The van der Waals surface area contributed by atoms with Crippen LogP contribution in [0.4, 0.5) is 4.39 Å². The van der Waals surface area contributed by atoms with E-state index in [1.54, 1.807) is 12.1 Å². The van der Waals surface area contributed by atoms with Crippen molar-refractivity contribution in [3.8, 4) is 0 Å². The van der Waals surface area contributed by atoms with E-state index in [0.29, 0.717) is 17.2 Å². The van der Waals surface area contributed by atoms with Gasteiger partial charge in [0.05, 0.1) is 11.2 Å². The Kier molecular flexibility index (Phi) is 3.72. The molecule has 0 saturated heterocycles. The number of hydrogen-bond donors (Lipinski definition) is 1. The third kappa shape index (κ3) is 2.52. The average molecular weight is 319 g/mol. The fourth-order valence-electron chi connectivity index (χ4n) is 3.04. The number of benzene rings is 1. The van der Waals surface area contributed by atoms with Crippen LogP contribution in [0.5, 0.6) is 0 Å². The van der Waals surface area contributed by atoms with Crippen LogP contribution < -0.4 is 5.73 Å². The summed E-state index contributed by atoms with van der Waals surface area (Å²) < 4.78 is 19.5. The van der Waals surface area contributed by atoms with Crippen LogP contribution in [0.25, 0.3) is 0 Å². The highest BCUT2D eigenvalue weighted by molar-refractivity contribution is 8.14. The summed E-state index contributed by atoms with van der Waals surface area (Å²) in [5, 5.41) is 4.52. The number of halogens is 1. The molecule has 1 aliphatic rings. The summed E-state index contributed by atoms with van der Waals surface area (Å²) in [5.41, 5.74) is 7.79. The van der Waals surface area contributed by atoms with E-state index in [0.717, 1.165) is 17.0 Å². The second kappa shape index (κ2) is 5.43. The van der Waals surface area contributed by atoms with E-state index in [2.05, 4.69) is 10.1 Å². The molecule has 22 heavy (non-hydrogen) atoms. The van der Waals surface area contributed by atoms with Crippen molar-refractivity contribution in [2.45, 2.75) is 38.0 Å². The molecule has 0 fully saturated rings. The third-order valence-electron chi connectivity index (χ3n) is 4.07. The summed E-state index contributed by atoms with van der Waals surface area (Å²) in [6.07, 6.45) is 0.641. The fraction of sp³-hybridized carbons (Fsp3) is 0.375. The number of thioether (sulfide) groups is 1. The van der Waals surface area contributed by atoms with Crippen molar-refractivity contribution in [1.82, 2.24) is 5.16 Å². The molecule has 3 rings (SSSR count). The van der Waals surface area contributed by atoms with Crippen LogP contribution in [0.1, 0.15) is 41.2 Å². The van der Waals surface area contributed by atoms with Gasteiger partial charge >= 0.3 is 0 Å². The first-order chi connectivity index (χ1) is 10.4. The molecule has 2 aromatic rings. The lowest BCUT2D eigenvalue weighted by Gasteiger charge is -2.34. The standard InChI is InChI=1S/C16H18FN3OS/c1-9-14(10(2)21-20-9)13-8-16(3,19-15(18)22-13)11-6-4-5-7-12(11)17/h4-7,13H,8H2,1-3H3,(H2,18,19)/t13-,16-/m0/s1. The first-order valence-corrected chi connectivity index (χ1v) is 7.98. The molecule has 116 valence electrons. The zero-order chi connectivity index (χ0) is 15.9. The Labute approximate surface area is 133 Å². The van der Waals surface area contributed by atoms with Gasteiger partial charge in [-0.25, -0.2) is 4.39 Å². The predicted molar refractivity (Wildman–Crippen MR) is 86.3 cm³/mol. The summed E-state index contributed by atoms with van der Waals surface area (Å²) in [4.78, 5) is 4.53. The largest absolute Gasteiger partial charge is 0.378 e. The summed E-state index contributed by atoms with van der Waals surface area (Å²) in [5.74, 6) is 0.520. The lowest BCUT2D eigenvalue weighted by Crippen LogP contribution is -2.31. The Bertz CT molecular complexity index is 723. The van der Waals surface area contributed by atoms with Crippen molar-refractivity contribution < 1.29 is 8.91 Å². The summed E-state index contributed by atoms with van der Waals surface area (Å²) >= 11 is 1.48. The maximum Gasteiger partial charge on any atom is 0.155 e. The van der Waals surface area contributed by atoms with E-state index >= 15 is 0 Å². The van der Waals surface area contributed by atoms with Gasteiger partial charge in [-0.3, -0.25) is 4.99 Å². The van der Waals surface area contributed by atoms with Gasteiger partial charge in [-0.2, -0.15) is 0 Å². The quantitative estimate of drug-likeness (QED) is 0.913. The number of nitrogens with two attached hydrogens (primary N) is 1. The molecule has 1 aromatic carbocycles. The Morgan fingerprint density at radius 1 is 1.36 bits per heavy atom. The molecule has 2 heterocycles. The van der Waals surface area contributed by atoms with E-state index in [-0.39, 0.29) is 11.1 Å². The van der Waals surface area contributed by atoms with E-state index in [1.165, 1.54) is 17.8 Å². The van der Waals surface area contributed by atoms with Crippen LogP contribution in [0.3, 0.4) is 0 Å². The Morgan fingerprint density at radius 2 is 2.09 bits per heavy atom. The van der Waals surface area contributed by atoms with Crippen molar-refractivity contribution in [2.75, 3.05) is 0 Å². The van der Waals surface area contributed by atoms with Gasteiger partial charge < -0.3 is 10.3 Å². The van der Waals surface area contributed by atoms with Crippen LogP contribution in [0.2, 0.25) is 0 Å². The Morgan fingerprint density at radius 3 is 2.73 bits per heavy atom. The lowest BCUT2D eigenvalue weighted by molar-refractivity contribution is 0.389. The molecule has 0 amide bonds. The van der Waals surface area contributed by atoms with Crippen LogP contribution in [-0.2, 0) is 5.54 Å². The van der Waals surface area contributed by atoms with Gasteiger partial charge in [0, 0.05) is 16.4 Å². The second-order valence-electron chi connectivity index (χ2n) is 5.75. The lowest BCUT2D eigenvalue weighted by atomic mass is 9.85. The first kappa shape index (κ1) is 15.1. The number of nitrogens with zero attached hydrogens (tertiary/aromatic N) is 2. The number of hydrogen-bond acceptors (Lipinski definition) is 5. The molecule has 0 radical (unpaired) electrons. The number of amidine groups is 1. The predicted octanol–water partition coefficient (Wildman–Crippen LogP) is 3.84. The summed E-state index contributed by atoms with van der Waals surface area (Å²) in [7, 11) is 0. The van der Waals surface area contributed by atoms with Crippen LogP contribution in [0, 0.1) is 19.7 Å². The van der Waals surface area contributed by atoms with E-state index < -0.39 is 5.54 Å². The molecular formula is C16H18FN3OS. The van der Waals surface area contributed by atoms with E-state index in [9.17, 15) is 4.39 Å². The fourth-order valence-corrected chi connectivity index (χ4v) is 4.45. The Balaban J connectivity index is 2.04. The van der Waals surface area contributed by atoms with Crippen LogP contribution >= 0.6 is 11.8 Å². The zero-order valence-corrected chi connectivity index (χ0v) is 13.6. The normalized spacial score (nSPS) is 25.1. The molecule has 1 aliphatic heterocycles. The number of rotatable bonds is 2. The highest BCUT2D eigenvalue weighted by atomic mass is 32.2. The molecule has 0 unspecified atom stereocenters. The monoisotopic (exact) mass is 319 g/mol. The van der Waals surface area contributed by atoms with Gasteiger partial charge in [-0.15, -0.1) is 0 Å². The van der Waals surface area contributed by atoms with E-state index in [4.69, 9.17) is 10.3 Å². The van der Waals surface area contributed by atoms with Crippen LogP contribution in [0.15, 0.2) is 33.8 Å². The maximum atomic E-state index is 14.2. The van der Waals surface area contributed by atoms with Gasteiger partial charge in [0.1, 0.15) is 11.6 Å². The van der Waals surface area contributed by atoms with Gasteiger partial charge in [0.2, 0.25) is 0 Å². The van der Waals surface area contributed by atoms with Crippen molar-refractivity contribution in [1.29, 1.82) is 0 Å². The van der Waals surface area contributed by atoms with Gasteiger partial charge in [-0.05, 0) is 33.3 Å². The molecule has 0 spiro atoms. The third-order valence-corrected chi connectivity index (χ3v) is 5.09. The van der Waals surface area contributed by atoms with Crippen molar-refractivity contribution >= 4 is 16.9 Å². The molecule has 0 aliphatic carbocycles. The highest BCUT2D eigenvalue weighted by Gasteiger charge is 2.39. The smallest absolute Gasteiger partial charge is 0.155 e. The minimum absolute atomic E-state index is 0.0494. The minimum atomic E-state index is -0.693. The highest BCUT2D eigenvalue weighted by Crippen LogP contribution is 2.48.